The van der Waals surface area contributed by atoms with E-state index >= 15 is 0 Å². The zero-order valence-electron chi connectivity index (χ0n) is 16.5. The third kappa shape index (κ3) is 6.75. The summed E-state index contributed by atoms with van der Waals surface area (Å²) in [6.07, 6.45) is 15.2. The third-order valence-electron chi connectivity index (χ3n) is 5.79. The standard InChI is InChI=1S/C23H39NO/c1-3-4-5-6-7-8-11-19-14-15-22-20(16-19)12-9-10-13-21(22)17-23(2,24)18-25/h14-16,21,25H,3-13,17-18,24H2,1-2H3. The smallest absolute Gasteiger partial charge is 0.0608 e. The second-order valence-corrected chi connectivity index (χ2v) is 8.51. The largest absolute Gasteiger partial charge is 0.394 e. The second kappa shape index (κ2) is 10.3. The van der Waals surface area contributed by atoms with Gasteiger partial charge in [0, 0.05) is 5.54 Å². The molecule has 0 aromatic heterocycles. The molecule has 0 radical (unpaired) electrons. The molecule has 25 heavy (non-hydrogen) atoms. The molecule has 2 nitrogen and oxygen atoms in total. The quantitative estimate of drug-likeness (QED) is 0.434. The molecule has 0 saturated heterocycles. The Morgan fingerprint density at radius 2 is 1.88 bits per heavy atom. The molecule has 0 heterocycles. The van der Waals surface area contributed by atoms with Crippen LogP contribution in [0.1, 0.15) is 101 Å². The van der Waals surface area contributed by atoms with E-state index in [1.54, 1.807) is 5.56 Å². The zero-order valence-corrected chi connectivity index (χ0v) is 16.5. The molecule has 0 bridgehead atoms. The Morgan fingerprint density at radius 3 is 2.64 bits per heavy atom. The minimum absolute atomic E-state index is 0.0644. The third-order valence-corrected chi connectivity index (χ3v) is 5.79. The van der Waals surface area contributed by atoms with Gasteiger partial charge >= 0.3 is 0 Å². The van der Waals surface area contributed by atoms with Crippen molar-refractivity contribution in [1.29, 1.82) is 0 Å². The van der Waals surface area contributed by atoms with Crippen molar-refractivity contribution in [3.8, 4) is 0 Å². The van der Waals surface area contributed by atoms with Crippen LogP contribution in [-0.4, -0.2) is 17.3 Å². The van der Waals surface area contributed by atoms with E-state index in [4.69, 9.17) is 5.73 Å². The van der Waals surface area contributed by atoms with Crippen LogP contribution < -0.4 is 5.73 Å². The van der Waals surface area contributed by atoms with Gasteiger partial charge in [0.1, 0.15) is 0 Å². The lowest BCUT2D eigenvalue weighted by molar-refractivity contribution is 0.191. The summed E-state index contributed by atoms with van der Waals surface area (Å²) in [7, 11) is 0. The number of hydrogen-bond donors (Lipinski definition) is 2. The first-order chi connectivity index (χ1) is 12.1. The van der Waals surface area contributed by atoms with Crippen molar-refractivity contribution in [3.05, 3.63) is 34.9 Å². The zero-order chi connectivity index (χ0) is 18.1. The Kier molecular flexibility index (Phi) is 8.45. The molecule has 2 unspecified atom stereocenters. The Bertz CT molecular complexity index is 509. The molecule has 1 aromatic rings. The van der Waals surface area contributed by atoms with Crippen LogP contribution in [0.3, 0.4) is 0 Å². The minimum Gasteiger partial charge on any atom is -0.394 e. The summed E-state index contributed by atoms with van der Waals surface area (Å²) in [5.74, 6) is 0.503. The molecule has 0 aliphatic heterocycles. The lowest BCUT2D eigenvalue weighted by atomic mass is 9.82. The molecule has 1 aromatic carbocycles. The number of benzene rings is 1. The van der Waals surface area contributed by atoms with E-state index in [-0.39, 0.29) is 6.61 Å². The highest BCUT2D eigenvalue weighted by atomic mass is 16.3. The van der Waals surface area contributed by atoms with Gasteiger partial charge in [-0.15, -0.1) is 0 Å². The molecule has 0 spiro atoms. The molecule has 0 saturated carbocycles. The van der Waals surface area contributed by atoms with Crippen molar-refractivity contribution in [2.75, 3.05) is 6.61 Å². The van der Waals surface area contributed by atoms with Gasteiger partial charge in [-0.2, -0.15) is 0 Å². The van der Waals surface area contributed by atoms with Gasteiger partial charge in [0.15, 0.2) is 0 Å². The number of nitrogens with two attached hydrogens (primary N) is 1. The fourth-order valence-electron chi connectivity index (χ4n) is 4.24. The summed E-state index contributed by atoms with van der Waals surface area (Å²) in [5.41, 5.74) is 10.3. The molecule has 142 valence electrons. The number of fused-ring (bicyclic) bond motifs is 1. The molecule has 0 amide bonds. The van der Waals surface area contributed by atoms with Gasteiger partial charge in [-0.25, -0.2) is 0 Å². The molecule has 2 rings (SSSR count). The molecule has 0 fully saturated rings. The number of hydrogen-bond acceptors (Lipinski definition) is 2. The molecule has 2 atom stereocenters. The van der Waals surface area contributed by atoms with Crippen molar-refractivity contribution in [2.45, 2.75) is 102 Å². The van der Waals surface area contributed by atoms with Crippen LogP contribution in [0.15, 0.2) is 18.2 Å². The average molecular weight is 346 g/mol. The summed E-state index contributed by atoms with van der Waals surface area (Å²) in [6.45, 7) is 4.32. The van der Waals surface area contributed by atoms with E-state index < -0.39 is 5.54 Å². The van der Waals surface area contributed by atoms with Crippen LogP contribution in [0.25, 0.3) is 0 Å². The van der Waals surface area contributed by atoms with Crippen molar-refractivity contribution < 1.29 is 5.11 Å². The van der Waals surface area contributed by atoms with E-state index in [2.05, 4.69) is 25.1 Å². The summed E-state index contributed by atoms with van der Waals surface area (Å²) in [6, 6.07) is 7.17. The van der Waals surface area contributed by atoms with Crippen molar-refractivity contribution in [1.82, 2.24) is 0 Å². The van der Waals surface area contributed by atoms with Crippen LogP contribution >= 0.6 is 0 Å². The van der Waals surface area contributed by atoms with Gasteiger partial charge in [0.05, 0.1) is 6.61 Å². The highest BCUT2D eigenvalue weighted by Gasteiger charge is 2.26. The van der Waals surface area contributed by atoms with E-state index in [0.717, 1.165) is 6.42 Å². The molecule has 2 heteroatoms. The lowest BCUT2D eigenvalue weighted by Gasteiger charge is -2.28. The fourth-order valence-corrected chi connectivity index (χ4v) is 4.24. The van der Waals surface area contributed by atoms with Gasteiger partial charge in [0.25, 0.3) is 0 Å². The maximum atomic E-state index is 9.54. The van der Waals surface area contributed by atoms with Gasteiger partial charge in [-0.05, 0) is 68.1 Å². The summed E-state index contributed by atoms with van der Waals surface area (Å²) in [4.78, 5) is 0. The van der Waals surface area contributed by atoms with Crippen LogP contribution in [0, 0.1) is 0 Å². The normalized spacial score (nSPS) is 19.9. The Balaban J connectivity index is 1.96. The van der Waals surface area contributed by atoms with Crippen LogP contribution in [-0.2, 0) is 12.8 Å². The van der Waals surface area contributed by atoms with E-state index in [9.17, 15) is 5.11 Å². The van der Waals surface area contributed by atoms with E-state index in [1.807, 2.05) is 6.92 Å². The van der Waals surface area contributed by atoms with Crippen LogP contribution in [0.4, 0.5) is 0 Å². The SMILES string of the molecule is CCCCCCCCc1ccc2c(c1)CCCCC2CC(C)(N)CO. The first kappa shape index (κ1) is 20.5. The molecular formula is C23H39NO. The predicted octanol–water partition coefficient (Wildman–Crippen LogP) is 5.50. The van der Waals surface area contributed by atoms with Crippen molar-refractivity contribution >= 4 is 0 Å². The highest BCUT2D eigenvalue weighted by molar-refractivity contribution is 5.36. The van der Waals surface area contributed by atoms with E-state index in [0.29, 0.717) is 5.92 Å². The fraction of sp³-hybridized carbons (Fsp3) is 0.739. The van der Waals surface area contributed by atoms with Crippen LogP contribution in [0.5, 0.6) is 0 Å². The van der Waals surface area contributed by atoms with Gasteiger partial charge in [-0.1, -0.05) is 63.6 Å². The number of rotatable bonds is 10. The second-order valence-electron chi connectivity index (χ2n) is 8.51. The number of aliphatic hydroxyl groups is 1. The van der Waals surface area contributed by atoms with Crippen LogP contribution in [0.2, 0.25) is 0 Å². The van der Waals surface area contributed by atoms with Crippen molar-refractivity contribution in [2.24, 2.45) is 5.73 Å². The Hall–Kier alpha value is -0.860. The van der Waals surface area contributed by atoms with Gasteiger partial charge in [0.2, 0.25) is 0 Å². The highest BCUT2D eigenvalue weighted by Crippen LogP contribution is 2.36. The first-order valence-corrected chi connectivity index (χ1v) is 10.6. The summed E-state index contributed by atoms with van der Waals surface area (Å²) < 4.78 is 0. The molecule has 1 aliphatic rings. The summed E-state index contributed by atoms with van der Waals surface area (Å²) in [5, 5.41) is 9.54. The molecular weight excluding hydrogens is 306 g/mol. The lowest BCUT2D eigenvalue weighted by Crippen LogP contribution is -2.41. The van der Waals surface area contributed by atoms with Gasteiger partial charge in [-0.3, -0.25) is 0 Å². The topological polar surface area (TPSA) is 46.2 Å². The maximum Gasteiger partial charge on any atom is 0.0608 e. The molecule has 3 N–H and O–H groups in total. The van der Waals surface area contributed by atoms with Crippen molar-refractivity contribution in [3.63, 3.8) is 0 Å². The average Bonchev–Trinajstić information content (AvgIpc) is 2.79. The number of unbranched alkanes of at least 4 members (excludes halogenated alkanes) is 5. The first-order valence-electron chi connectivity index (χ1n) is 10.6. The summed E-state index contributed by atoms with van der Waals surface area (Å²) >= 11 is 0. The number of aliphatic hydroxyl groups excluding tert-OH is 1. The van der Waals surface area contributed by atoms with E-state index in [1.165, 1.54) is 81.8 Å². The molecule has 1 aliphatic carbocycles. The number of aryl methyl sites for hydroxylation is 2. The minimum atomic E-state index is -0.469. The Labute approximate surface area is 155 Å². The maximum absolute atomic E-state index is 9.54. The monoisotopic (exact) mass is 345 g/mol. The Morgan fingerprint density at radius 1 is 1.12 bits per heavy atom. The predicted molar refractivity (Wildman–Crippen MR) is 108 cm³/mol. The van der Waals surface area contributed by atoms with Gasteiger partial charge < -0.3 is 10.8 Å².